The van der Waals surface area contributed by atoms with Crippen LogP contribution in [0.25, 0.3) is 0 Å². The zero-order chi connectivity index (χ0) is 38.2. The van der Waals surface area contributed by atoms with Crippen LogP contribution in [0.2, 0.25) is 0 Å². The molecule has 0 spiro atoms. The van der Waals surface area contributed by atoms with Crippen LogP contribution in [-0.4, -0.2) is 98.7 Å². The van der Waals surface area contributed by atoms with E-state index >= 15 is 0 Å². The molecule has 0 saturated carbocycles. The molecule has 52 heavy (non-hydrogen) atoms. The van der Waals surface area contributed by atoms with Crippen molar-refractivity contribution in [2.45, 2.75) is 249 Å². The van der Waals surface area contributed by atoms with Crippen LogP contribution in [-0.2, 0) is 14.3 Å². The summed E-state index contributed by atoms with van der Waals surface area (Å²) in [5.41, 5.74) is 0. The van der Waals surface area contributed by atoms with Gasteiger partial charge in [-0.1, -0.05) is 187 Å². The molecule has 10 nitrogen and oxygen atoms in total. The first-order chi connectivity index (χ1) is 25.3. The topological polar surface area (TPSA) is 169 Å². The maximum atomic E-state index is 13.0. The molecule has 1 heterocycles. The summed E-state index contributed by atoms with van der Waals surface area (Å²) in [6.45, 7) is 3.66. The Morgan fingerprint density at radius 1 is 0.577 bits per heavy atom. The fraction of sp³-hybridized carbons (Fsp3) is 0.976. The SMILES string of the molecule is CCCCCCCCCCCCCCCC[C@@H](O)C(=O)N[C@@H](CO[C@@H]1O[C@H](CO)[C@@H](O)[C@H](O)[C@H]1O)C(O)CCCCCCCCCCCCCCC. The van der Waals surface area contributed by atoms with Crippen molar-refractivity contribution in [3.05, 3.63) is 0 Å². The van der Waals surface area contributed by atoms with Crippen molar-refractivity contribution in [2.75, 3.05) is 13.2 Å². The molecule has 0 aromatic heterocycles. The van der Waals surface area contributed by atoms with E-state index in [1.54, 1.807) is 0 Å². The fourth-order valence-corrected chi connectivity index (χ4v) is 7.17. The lowest BCUT2D eigenvalue weighted by Gasteiger charge is -2.40. The third-order valence-electron chi connectivity index (χ3n) is 10.8. The molecule has 10 heteroatoms. The Labute approximate surface area is 317 Å². The lowest BCUT2D eigenvalue weighted by Crippen LogP contribution is -2.60. The largest absolute Gasteiger partial charge is 0.394 e. The molecule has 1 rings (SSSR count). The second-order valence-electron chi connectivity index (χ2n) is 15.6. The van der Waals surface area contributed by atoms with Crippen molar-refractivity contribution in [1.29, 1.82) is 0 Å². The van der Waals surface area contributed by atoms with E-state index in [1.165, 1.54) is 128 Å². The second kappa shape index (κ2) is 33.5. The van der Waals surface area contributed by atoms with E-state index in [9.17, 15) is 35.4 Å². The van der Waals surface area contributed by atoms with E-state index in [0.29, 0.717) is 12.8 Å². The Hall–Kier alpha value is -0.850. The van der Waals surface area contributed by atoms with E-state index in [4.69, 9.17) is 9.47 Å². The second-order valence-corrected chi connectivity index (χ2v) is 15.6. The maximum absolute atomic E-state index is 13.0. The summed E-state index contributed by atoms with van der Waals surface area (Å²) in [6, 6.07) is -0.886. The van der Waals surface area contributed by atoms with Gasteiger partial charge in [0.1, 0.15) is 30.5 Å². The number of aliphatic hydroxyl groups is 6. The molecule has 0 aromatic carbocycles. The standard InChI is InChI=1S/C42H83NO9/c1-3-5-7-9-11-13-15-17-19-21-23-25-27-29-31-36(46)41(50)43-34(33-51-42-40(49)39(48)38(47)37(32-44)52-42)35(45)30-28-26-24-22-20-18-16-14-12-10-8-6-4-2/h34-40,42,44-49H,3-33H2,1-2H3,(H,43,50)/t34-,35?,36+,37+,38+,39-,40+,42+/m0/s1. The number of amides is 1. The molecule has 1 aliphatic rings. The molecule has 1 unspecified atom stereocenters. The predicted octanol–water partition coefficient (Wildman–Crippen LogP) is 7.36. The highest BCUT2D eigenvalue weighted by molar-refractivity contribution is 5.80. The van der Waals surface area contributed by atoms with Crippen molar-refractivity contribution in [3.8, 4) is 0 Å². The van der Waals surface area contributed by atoms with Crippen LogP contribution in [0.3, 0.4) is 0 Å². The Balaban J connectivity index is 2.42. The highest BCUT2D eigenvalue weighted by Crippen LogP contribution is 2.23. The number of carbonyl (C=O) groups is 1. The highest BCUT2D eigenvalue weighted by atomic mass is 16.7. The molecule has 0 bridgehead atoms. The first kappa shape index (κ1) is 49.2. The maximum Gasteiger partial charge on any atom is 0.249 e. The monoisotopic (exact) mass is 746 g/mol. The molecule has 1 aliphatic heterocycles. The van der Waals surface area contributed by atoms with Gasteiger partial charge in [0.05, 0.1) is 25.4 Å². The smallest absolute Gasteiger partial charge is 0.249 e. The molecule has 0 radical (unpaired) electrons. The van der Waals surface area contributed by atoms with Crippen LogP contribution in [0.4, 0.5) is 0 Å². The lowest BCUT2D eigenvalue weighted by atomic mass is 9.99. The Kier molecular flexibility index (Phi) is 31.7. The van der Waals surface area contributed by atoms with E-state index in [1.807, 2.05) is 0 Å². The summed E-state index contributed by atoms with van der Waals surface area (Å²) in [5.74, 6) is -0.582. The zero-order valence-electron chi connectivity index (χ0n) is 33.4. The van der Waals surface area contributed by atoms with Gasteiger partial charge in [0, 0.05) is 0 Å². The van der Waals surface area contributed by atoms with Crippen LogP contribution in [0.1, 0.15) is 200 Å². The fourth-order valence-electron chi connectivity index (χ4n) is 7.17. The van der Waals surface area contributed by atoms with Gasteiger partial charge >= 0.3 is 0 Å². The van der Waals surface area contributed by atoms with Crippen LogP contribution in [0.15, 0.2) is 0 Å². The van der Waals surface area contributed by atoms with Gasteiger partial charge in [-0.3, -0.25) is 4.79 Å². The summed E-state index contributed by atoms with van der Waals surface area (Å²) < 4.78 is 11.2. The van der Waals surface area contributed by atoms with E-state index < -0.39 is 61.5 Å². The zero-order valence-corrected chi connectivity index (χ0v) is 33.4. The summed E-state index contributed by atoms with van der Waals surface area (Å²) in [5, 5.41) is 64.7. The molecule has 0 aliphatic carbocycles. The minimum Gasteiger partial charge on any atom is -0.394 e. The molecule has 8 atom stereocenters. The number of nitrogens with one attached hydrogen (secondary N) is 1. The number of hydrogen-bond acceptors (Lipinski definition) is 9. The highest BCUT2D eigenvalue weighted by Gasteiger charge is 2.44. The number of rotatable bonds is 36. The van der Waals surface area contributed by atoms with Crippen molar-refractivity contribution in [1.82, 2.24) is 5.32 Å². The molecule has 1 saturated heterocycles. The van der Waals surface area contributed by atoms with Crippen LogP contribution in [0, 0.1) is 0 Å². The number of carbonyl (C=O) groups excluding carboxylic acids is 1. The van der Waals surface area contributed by atoms with Crippen molar-refractivity contribution >= 4 is 5.91 Å². The minimum absolute atomic E-state index is 0.250. The predicted molar refractivity (Wildman–Crippen MR) is 209 cm³/mol. The quantitative estimate of drug-likeness (QED) is 0.0324. The van der Waals surface area contributed by atoms with Crippen molar-refractivity contribution in [2.24, 2.45) is 0 Å². The van der Waals surface area contributed by atoms with Gasteiger partial charge in [0.25, 0.3) is 0 Å². The van der Waals surface area contributed by atoms with Crippen molar-refractivity contribution < 1.29 is 44.9 Å². The average Bonchev–Trinajstić information content (AvgIpc) is 3.14. The molecule has 1 amide bonds. The number of hydrogen-bond donors (Lipinski definition) is 7. The molecule has 0 aromatic rings. The van der Waals surface area contributed by atoms with Gasteiger partial charge < -0.3 is 45.4 Å². The van der Waals surface area contributed by atoms with Gasteiger partial charge in [-0.15, -0.1) is 0 Å². The Bertz CT molecular complexity index is 803. The van der Waals surface area contributed by atoms with Gasteiger partial charge in [0.15, 0.2) is 6.29 Å². The Morgan fingerprint density at radius 2 is 0.962 bits per heavy atom. The van der Waals surface area contributed by atoms with Gasteiger partial charge in [-0.05, 0) is 12.8 Å². The molecule has 1 fully saturated rings. The van der Waals surface area contributed by atoms with E-state index in [2.05, 4.69) is 19.2 Å². The van der Waals surface area contributed by atoms with Crippen LogP contribution < -0.4 is 5.32 Å². The van der Waals surface area contributed by atoms with Crippen LogP contribution >= 0.6 is 0 Å². The Morgan fingerprint density at radius 3 is 1.37 bits per heavy atom. The molecular formula is C42H83NO9. The van der Waals surface area contributed by atoms with E-state index in [-0.39, 0.29) is 6.61 Å². The van der Waals surface area contributed by atoms with Crippen LogP contribution in [0.5, 0.6) is 0 Å². The first-order valence-corrected chi connectivity index (χ1v) is 21.8. The van der Waals surface area contributed by atoms with Gasteiger partial charge in [-0.25, -0.2) is 0 Å². The number of ether oxygens (including phenoxy) is 2. The third kappa shape index (κ3) is 23.8. The summed E-state index contributed by atoms with van der Waals surface area (Å²) in [4.78, 5) is 13.0. The lowest BCUT2D eigenvalue weighted by molar-refractivity contribution is -0.302. The van der Waals surface area contributed by atoms with Gasteiger partial charge in [0.2, 0.25) is 5.91 Å². The van der Waals surface area contributed by atoms with Crippen molar-refractivity contribution in [3.63, 3.8) is 0 Å². The first-order valence-electron chi connectivity index (χ1n) is 21.8. The van der Waals surface area contributed by atoms with Gasteiger partial charge in [-0.2, -0.15) is 0 Å². The average molecular weight is 746 g/mol. The molecule has 7 N–H and O–H groups in total. The van der Waals surface area contributed by atoms with E-state index in [0.717, 1.165) is 44.9 Å². The number of unbranched alkanes of at least 4 members (excludes halogenated alkanes) is 25. The molecular weight excluding hydrogens is 662 g/mol. The third-order valence-corrected chi connectivity index (χ3v) is 10.8. The summed E-state index contributed by atoms with van der Waals surface area (Å²) in [6.07, 6.45) is 24.3. The molecule has 310 valence electrons. The summed E-state index contributed by atoms with van der Waals surface area (Å²) in [7, 11) is 0. The normalized spacial score (nSPS) is 22.3. The number of aliphatic hydroxyl groups excluding tert-OH is 6. The minimum atomic E-state index is -1.59. The summed E-state index contributed by atoms with van der Waals surface area (Å²) >= 11 is 0.